The molecule has 0 aliphatic carbocycles. The molecule has 8 heteroatoms. The van der Waals surface area contributed by atoms with E-state index < -0.39 is 0 Å². The van der Waals surface area contributed by atoms with Crippen LogP contribution in [0.1, 0.15) is 11.5 Å². The Morgan fingerprint density at radius 3 is 2.62 bits per heavy atom. The van der Waals surface area contributed by atoms with Gasteiger partial charge < -0.3 is 19.7 Å². The molecule has 0 bridgehead atoms. The maximum atomic E-state index is 5.46. The third-order valence-corrected chi connectivity index (χ3v) is 6.37. The van der Waals surface area contributed by atoms with Crippen molar-refractivity contribution in [2.45, 2.75) is 13.5 Å². The summed E-state index contributed by atoms with van der Waals surface area (Å²) in [6.07, 6.45) is 0. The van der Waals surface area contributed by atoms with Gasteiger partial charge in [0.15, 0.2) is 5.82 Å². The van der Waals surface area contributed by atoms with E-state index in [0.29, 0.717) is 12.4 Å². The smallest absolute Gasteiger partial charge is 0.158 e. The molecule has 0 radical (unpaired) electrons. The molecule has 0 unspecified atom stereocenters. The second kappa shape index (κ2) is 9.20. The van der Waals surface area contributed by atoms with Crippen molar-refractivity contribution in [2.75, 3.05) is 43.6 Å². The third-order valence-electron chi connectivity index (χ3n) is 5.50. The molecule has 1 aliphatic rings. The number of rotatable bonds is 6. The highest BCUT2D eigenvalue weighted by atomic mass is 32.1. The molecule has 1 aliphatic heterocycles. The Hall–Kier alpha value is -3.07. The summed E-state index contributed by atoms with van der Waals surface area (Å²) >= 11 is 1.62. The number of fused-ring (bicyclic) bond motifs is 1. The first kappa shape index (κ1) is 20.8. The molecule has 4 heterocycles. The van der Waals surface area contributed by atoms with Crippen molar-refractivity contribution in [3.05, 3.63) is 59.4 Å². The van der Waals surface area contributed by atoms with Gasteiger partial charge in [-0.05, 0) is 24.6 Å². The fraction of sp³-hybridized carbons (Fsp3) is 0.292. The van der Waals surface area contributed by atoms with Gasteiger partial charge in [0, 0.05) is 31.1 Å². The Balaban J connectivity index is 1.54. The van der Waals surface area contributed by atoms with Crippen LogP contribution in [0.5, 0.6) is 0 Å². The first-order valence-corrected chi connectivity index (χ1v) is 11.5. The minimum Gasteiger partial charge on any atom is -0.378 e. The second-order valence-corrected chi connectivity index (χ2v) is 8.50. The number of aryl methyl sites for hydroxylation is 1. The van der Waals surface area contributed by atoms with E-state index in [1.165, 1.54) is 0 Å². The van der Waals surface area contributed by atoms with Gasteiger partial charge in [-0.2, -0.15) is 0 Å². The SMILES string of the molecule is COCc1nc(Nc2ccc(N3CCOCC3)nc2C)c2c(-c3ccccc3)csc2n1. The fourth-order valence-corrected chi connectivity index (χ4v) is 4.84. The maximum Gasteiger partial charge on any atom is 0.158 e. The summed E-state index contributed by atoms with van der Waals surface area (Å²) in [5.41, 5.74) is 4.11. The number of hydrogen-bond donors (Lipinski definition) is 1. The number of thiophene rings is 1. The van der Waals surface area contributed by atoms with Crippen LogP contribution in [0.15, 0.2) is 47.8 Å². The quantitative estimate of drug-likeness (QED) is 0.456. The fourth-order valence-electron chi connectivity index (χ4n) is 3.88. The summed E-state index contributed by atoms with van der Waals surface area (Å²) < 4.78 is 10.8. The van der Waals surface area contributed by atoms with Gasteiger partial charge in [-0.1, -0.05) is 30.3 Å². The molecule has 1 N–H and O–H groups in total. The number of benzene rings is 1. The number of ether oxygens (including phenoxy) is 2. The van der Waals surface area contributed by atoms with Crippen LogP contribution >= 0.6 is 11.3 Å². The van der Waals surface area contributed by atoms with Gasteiger partial charge in [0.05, 0.1) is 30.0 Å². The van der Waals surface area contributed by atoms with Crippen molar-refractivity contribution < 1.29 is 9.47 Å². The molecule has 7 nitrogen and oxygen atoms in total. The summed E-state index contributed by atoms with van der Waals surface area (Å²) in [6, 6.07) is 14.5. The Bertz CT molecular complexity index is 1220. The third kappa shape index (κ3) is 4.17. The van der Waals surface area contributed by atoms with Crippen molar-refractivity contribution >= 4 is 38.9 Å². The van der Waals surface area contributed by atoms with E-state index >= 15 is 0 Å². The summed E-state index contributed by atoms with van der Waals surface area (Å²) in [4.78, 5) is 17.6. The Labute approximate surface area is 191 Å². The van der Waals surface area contributed by atoms with Crippen molar-refractivity contribution in [2.24, 2.45) is 0 Å². The van der Waals surface area contributed by atoms with E-state index in [-0.39, 0.29) is 0 Å². The molecule has 164 valence electrons. The van der Waals surface area contributed by atoms with Crippen molar-refractivity contribution in [1.82, 2.24) is 15.0 Å². The lowest BCUT2D eigenvalue weighted by Crippen LogP contribution is -2.36. The number of anilines is 3. The predicted octanol–water partition coefficient (Wildman–Crippen LogP) is 4.79. The summed E-state index contributed by atoms with van der Waals surface area (Å²) in [7, 11) is 1.66. The molecule has 5 rings (SSSR count). The lowest BCUT2D eigenvalue weighted by Gasteiger charge is -2.28. The number of morpholine rings is 1. The van der Waals surface area contributed by atoms with Crippen LogP contribution in [0.25, 0.3) is 21.3 Å². The molecular weight excluding hydrogens is 422 g/mol. The van der Waals surface area contributed by atoms with Crippen LogP contribution in [-0.4, -0.2) is 48.4 Å². The van der Waals surface area contributed by atoms with E-state index in [0.717, 1.165) is 70.7 Å². The number of pyridine rings is 1. The molecular formula is C24H25N5O2S. The van der Waals surface area contributed by atoms with Crippen LogP contribution in [-0.2, 0) is 16.1 Å². The van der Waals surface area contributed by atoms with E-state index in [4.69, 9.17) is 24.4 Å². The molecule has 0 amide bonds. The van der Waals surface area contributed by atoms with Crippen LogP contribution in [0, 0.1) is 6.92 Å². The minimum absolute atomic E-state index is 0.358. The average Bonchev–Trinajstić information content (AvgIpc) is 3.26. The molecule has 1 aromatic carbocycles. The van der Waals surface area contributed by atoms with Crippen LogP contribution in [0.3, 0.4) is 0 Å². The van der Waals surface area contributed by atoms with Gasteiger partial charge in [0.25, 0.3) is 0 Å². The van der Waals surface area contributed by atoms with Gasteiger partial charge >= 0.3 is 0 Å². The first-order chi connectivity index (χ1) is 15.7. The molecule has 32 heavy (non-hydrogen) atoms. The van der Waals surface area contributed by atoms with Gasteiger partial charge in [0.1, 0.15) is 23.1 Å². The highest BCUT2D eigenvalue weighted by molar-refractivity contribution is 7.17. The highest BCUT2D eigenvalue weighted by Gasteiger charge is 2.18. The van der Waals surface area contributed by atoms with Gasteiger partial charge in [0.2, 0.25) is 0 Å². The van der Waals surface area contributed by atoms with E-state index in [9.17, 15) is 0 Å². The zero-order valence-corrected chi connectivity index (χ0v) is 19.0. The van der Waals surface area contributed by atoms with Crippen LogP contribution < -0.4 is 10.2 Å². The van der Waals surface area contributed by atoms with Crippen LogP contribution in [0.4, 0.5) is 17.3 Å². The van der Waals surface area contributed by atoms with Crippen molar-refractivity contribution in [3.8, 4) is 11.1 Å². The molecule has 3 aromatic heterocycles. The standard InChI is InChI=1S/C24H25N5O2S/c1-16-19(8-9-21(25-16)29-10-12-31-13-11-29)26-23-22-18(17-6-4-3-5-7-17)15-32-24(22)28-20(27-23)14-30-2/h3-9,15H,10-14H2,1-2H3,(H,26,27,28). The Morgan fingerprint density at radius 2 is 1.88 bits per heavy atom. The second-order valence-electron chi connectivity index (χ2n) is 7.64. The van der Waals surface area contributed by atoms with E-state index in [2.05, 4.69) is 39.9 Å². The zero-order chi connectivity index (χ0) is 21.9. The summed E-state index contributed by atoms with van der Waals surface area (Å²) in [6.45, 7) is 5.58. The largest absolute Gasteiger partial charge is 0.378 e. The van der Waals surface area contributed by atoms with E-state index in [1.807, 2.05) is 25.1 Å². The van der Waals surface area contributed by atoms with Gasteiger partial charge in [-0.25, -0.2) is 15.0 Å². The Morgan fingerprint density at radius 1 is 1.06 bits per heavy atom. The van der Waals surface area contributed by atoms with E-state index in [1.54, 1.807) is 18.4 Å². The molecule has 1 fully saturated rings. The molecule has 0 spiro atoms. The van der Waals surface area contributed by atoms with Crippen LogP contribution in [0.2, 0.25) is 0 Å². The topological polar surface area (TPSA) is 72.4 Å². The predicted molar refractivity (Wildman–Crippen MR) is 129 cm³/mol. The molecule has 1 saturated heterocycles. The molecule has 0 atom stereocenters. The number of nitrogens with one attached hydrogen (secondary N) is 1. The number of hydrogen-bond acceptors (Lipinski definition) is 8. The zero-order valence-electron chi connectivity index (χ0n) is 18.2. The number of aromatic nitrogens is 3. The Kier molecular flexibility index (Phi) is 5.98. The molecule has 0 saturated carbocycles. The number of nitrogens with zero attached hydrogens (tertiary/aromatic N) is 4. The lowest BCUT2D eigenvalue weighted by molar-refractivity contribution is 0.122. The highest BCUT2D eigenvalue weighted by Crippen LogP contribution is 2.38. The lowest BCUT2D eigenvalue weighted by atomic mass is 10.1. The summed E-state index contributed by atoms with van der Waals surface area (Å²) in [5.74, 6) is 2.40. The van der Waals surface area contributed by atoms with Crippen molar-refractivity contribution in [3.63, 3.8) is 0 Å². The van der Waals surface area contributed by atoms with Crippen molar-refractivity contribution in [1.29, 1.82) is 0 Å². The average molecular weight is 448 g/mol. The number of methoxy groups -OCH3 is 1. The van der Waals surface area contributed by atoms with Gasteiger partial charge in [-0.3, -0.25) is 0 Å². The van der Waals surface area contributed by atoms with Gasteiger partial charge in [-0.15, -0.1) is 11.3 Å². The molecule has 4 aromatic rings. The minimum atomic E-state index is 0.358. The monoisotopic (exact) mass is 447 g/mol. The first-order valence-electron chi connectivity index (χ1n) is 10.6. The summed E-state index contributed by atoms with van der Waals surface area (Å²) in [5, 5.41) is 6.69. The normalized spacial score (nSPS) is 14.1. The maximum absolute atomic E-state index is 5.46.